The molecule has 3 heteroatoms. The summed E-state index contributed by atoms with van der Waals surface area (Å²) in [6.07, 6.45) is 1.39. The highest BCUT2D eigenvalue weighted by molar-refractivity contribution is 5.24. The SMILES string of the molecule is COC(C)(C)CCc1ccc(C(O)CN)cc1. The van der Waals surface area contributed by atoms with Gasteiger partial charge in [-0.05, 0) is 37.8 Å². The van der Waals surface area contributed by atoms with Gasteiger partial charge in [0, 0.05) is 13.7 Å². The molecule has 0 aliphatic heterocycles. The number of hydrogen-bond acceptors (Lipinski definition) is 3. The number of aliphatic hydroxyl groups excluding tert-OH is 1. The molecule has 0 aromatic heterocycles. The average Bonchev–Trinajstić information content (AvgIpc) is 2.36. The Hall–Kier alpha value is -0.900. The number of hydrogen-bond donors (Lipinski definition) is 2. The van der Waals surface area contributed by atoms with Gasteiger partial charge in [0.05, 0.1) is 11.7 Å². The van der Waals surface area contributed by atoms with Gasteiger partial charge in [0.2, 0.25) is 0 Å². The number of benzene rings is 1. The molecule has 1 unspecified atom stereocenters. The Morgan fingerprint density at radius 3 is 2.35 bits per heavy atom. The normalized spacial score (nSPS) is 13.7. The van der Waals surface area contributed by atoms with E-state index in [1.165, 1.54) is 5.56 Å². The van der Waals surface area contributed by atoms with E-state index in [0.29, 0.717) is 0 Å². The molecule has 0 bridgehead atoms. The molecule has 0 saturated heterocycles. The van der Waals surface area contributed by atoms with Crippen LogP contribution in [0.4, 0.5) is 0 Å². The van der Waals surface area contributed by atoms with Crippen LogP contribution in [0.15, 0.2) is 24.3 Å². The molecule has 17 heavy (non-hydrogen) atoms. The molecule has 0 amide bonds. The fourth-order valence-electron chi connectivity index (χ4n) is 1.59. The van der Waals surface area contributed by atoms with Crippen LogP contribution in [-0.2, 0) is 11.2 Å². The topological polar surface area (TPSA) is 55.5 Å². The molecule has 1 rings (SSSR count). The van der Waals surface area contributed by atoms with Crippen molar-refractivity contribution in [1.29, 1.82) is 0 Å². The molecule has 0 aliphatic carbocycles. The Morgan fingerprint density at radius 2 is 1.88 bits per heavy atom. The summed E-state index contributed by atoms with van der Waals surface area (Å²) in [5.41, 5.74) is 7.45. The van der Waals surface area contributed by atoms with Crippen LogP contribution in [0.1, 0.15) is 37.5 Å². The van der Waals surface area contributed by atoms with E-state index < -0.39 is 6.10 Å². The second-order valence-electron chi connectivity index (χ2n) is 4.96. The third kappa shape index (κ3) is 4.46. The molecule has 1 aromatic carbocycles. The smallest absolute Gasteiger partial charge is 0.0912 e. The van der Waals surface area contributed by atoms with Crippen molar-refractivity contribution < 1.29 is 9.84 Å². The van der Waals surface area contributed by atoms with Crippen LogP contribution in [0.25, 0.3) is 0 Å². The number of aliphatic hydroxyl groups is 1. The van der Waals surface area contributed by atoms with Gasteiger partial charge in [0.25, 0.3) is 0 Å². The predicted molar refractivity (Wildman–Crippen MR) is 69.9 cm³/mol. The first-order valence-electron chi connectivity index (χ1n) is 6.00. The van der Waals surface area contributed by atoms with Gasteiger partial charge >= 0.3 is 0 Å². The maximum Gasteiger partial charge on any atom is 0.0912 e. The molecule has 3 nitrogen and oxygen atoms in total. The van der Waals surface area contributed by atoms with Crippen LogP contribution in [0, 0.1) is 0 Å². The Balaban J connectivity index is 2.57. The number of aryl methyl sites for hydroxylation is 1. The molecule has 96 valence electrons. The second kappa shape index (κ2) is 6.15. The summed E-state index contributed by atoms with van der Waals surface area (Å²) >= 11 is 0. The number of rotatable bonds is 6. The van der Waals surface area contributed by atoms with Crippen LogP contribution in [-0.4, -0.2) is 24.4 Å². The summed E-state index contributed by atoms with van der Waals surface area (Å²) in [7, 11) is 1.74. The minimum absolute atomic E-state index is 0.0879. The molecule has 0 aliphatic rings. The highest BCUT2D eigenvalue weighted by Gasteiger charge is 2.15. The largest absolute Gasteiger partial charge is 0.387 e. The standard InChI is InChI=1S/C14H23NO2/c1-14(2,17-3)9-8-11-4-6-12(7-5-11)13(16)10-15/h4-7,13,16H,8-10,15H2,1-3H3. The molecular weight excluding hydrogens is 214 g/mol. The van der Waals surface area contributed by atoms with Crippen molar-refractivity contribution in [2.24, 2.45) is 5.73 Å². The molecule has 0 saturated carbocycles. The second-order valence-corrected chi connectivity index (χ2v) is 4.96. The number of ether oxygens (including phenoxy) is 1. The first kappa shape index (κ1) is 14.2. The lowest BCUT2D eigenvalue weighted by Gasteiger charge is -2.22. The van der Waals surface area contributed by atoms with Gasteiger partial charge in [0.1, 0.15) is 0 Å². The van der Waals surface area contributed by atoms with E-state index in [4.69, 9.17) is 10.5 Å². The van der Waals surface area contributed by atoms with Crippen LogP contribution in [0.3, 0.4) is 0 Å². The third-order valence-corrected chi connectivity index (χ3v) is 3.16. The Morgan fingerprint density at radius 1 is 1.29 bits per heavy atom. The molecule has 0 heterocycles. The van der Waals surface area contributed by atoms with Gasteiger partial charge in [-0.15, -0.1) is 0 Å². The van der Waals surface area contributed by atoms with Gasteiger partial charge < -0.3 is 15.6 Å². The van der Waals surface area contributed by atoms with E-state index in [0.717, 1.165) is 18.4 Å². The first-order chi connectivity index (χ1) is 7.98. The lowest BCUT2D eigenvalue weighted by molar-refractivity contribution is 0.0158. The van der Waals surface area contributed by atoms with E-state index >= 15 is 0 Å². The average molecular weight is 237 g/mol. The quantitative estimate of drug-likeness (QED) is 0.796. The Kier molecular flexibility index (Phi) is 5.12. The molecule has 1 atom stereocenters. The van der Waals surface area contributed by atoms with Crippen molar-refractivity contribution in [3.8, 4) is 0 Å². The molecular formula is C14H23NO2. The molecule has 0 fully saturated rings. The van der Waals surface area contributed by atoms with Crippen LogP contribution in [0.5, 0.6) is 0 Å². The van der Waals surface area contributed by atoms with Crippen molar-refractivity contribution >= 4 is 0 Å². The lowest BCUT2D eigenvalue weighted by Crippen LogP contribution is -2.23. The van der Waals surface area contributed by atoms with Gasteiger partial charge in [-0.2, -0.15) is 0 Å². The molecule has 0 radical (unpaired) electrons. The minimum Gasteiger partial charge on any atom is -0.387 e. The maximum atomic E-state index is 9.57. The zero-order valence-electron chi connectivity index (χ0n) is 10.9. The fourth-order valence-corrected chi connectivity index (χ4v) is 1.59. The summed E-state index contributed by atoms with van der Waals surface area (Å²) in [5.74, 6) is 0. The van der Waals surface area contributed by atoms with Gasteiger partial charge in [0.15, 0.2) is 0 Å². The summed E-state index contributed by atoms with van der Waals surface area (Å²) in [5, 5.41) is 9.57. The van der Waals surface area contributed by atoms with Crippen LogP contribution >= 0.6 is 0 Å². The van der Waals surface area contributed by atoms with Crippen molar-refractivity contribution in [3.05, 3.63) is 35.4 Å². The third-order valence-electron chi connectivity index (χ3n) is 3.16. The molecule has 1 aromatic rings. The van der Waals surface area contributed by atoms with E-state index in [-0.39, 0.29) is 12.1 Å². The lowest BCUT2D eigenvalue weighted by atomic mass is 9.97. The molecule has 0 spiro atoms. The minimum atomic E-state index is -0.556. The number of methoxy groups -OCH3 is 1. The predicted octanol–water partition coefficient (Wildman–Crippen LogP) is 2.04. The van der Waals surface area contributed by atoms with Crippen LogP contribution in [0.2, 0.25) is 0 Å². The zero-order valence-corrected chi connectivity index (χ0v) is 10.9. The van der Waals surface area contributed by atoms with Crippen molar-refractivity contribution in [2.75, 3.05) is 13.7 Å². The Bertz CT molecular complexity index is 333. The Labute approximate surface area is 104 Å². The summed E-state index contributed by atoms with van der Waals surface area (Å²) in [6.45, 7) is 4.43. The van der Waals surface area contributed by atoms with Crippen molar-refractivity contribution in [1.82, 2.24) is 0 Å². The zero-order chi connectivity index (χ0) is 12.9. The van der Waals surface area contributed by atoms with Crippen LogP contribution < -0.4 is 5.73 Å². The van der Waals surface area contributed by atoms with Gasteiger partial charge in [-0.3, -0.25) is 0 Å². The van der Waals surface area contributed by atoms with Gasteiger partial charge in [-0.25, -0.2) is 0 Å². The highest BCUT2D eigenvalue weighted by atomic mass is 16.5. The van der Waals surface area contributed by atoms with Gasteiger partial charge in [-0.1, -0.05) is 24.3 Å². The van der Waals surface area contributed by atoms with Crippen molar-refractivity contribution in [2.45, 2.75) is 38.4 Å². The summed E-state index contributed by atoms with van der Waals surface area (Å²) in [6, 6.07) is 7.96. The highest BCUT2D eigenvalue weighted by Crippen LogP contribution is 2.18. The summed E-state index contributed by atoms with van der Waals surface area (Å²) in [4.78, 5) is 0. The number of nitrogens with two attached hydrogens (primary N) is 1. The van der Waals surface area contributed by atoms with E-state index in [1.807, 2.05) is 24.3 Å². The molecule has 3 N–H and O–H groups in total. The maximum absolute atomic E-state index is 9.57. The summed E-state index contributed by atoms with van der Waals surface area (Å²) < 4.78 is 5.38. The van der Waals surface area contributed by atoms with E-state index in [2.05, 4.69) is 13.8 Å². The van der Waals surface area contributed by atoms with Crippen molar-refractivity contribution in [3.63, 3.8) is 0 Å². The van der Waals surface area contributed by atoms with E-state index in [9.17, 15) is 5.11 Å². The first-order valence-corrected chi connectivity index (χ1v) is 6.00. The fraction of sp³-hybridized carbons (Fsp3) is 0.571. The monoisotopic (exact) mass is 237 g/mol. The van der Waals surface area contributed by atoms with E-state index in [1.54, 1.807) is 7.11 Å².